The predicted octanol–water partition coefficient (Wildman–Crippen LogP) is 2.90. The van der Waals surface area contributed by atoms with Crippen molar-refractivity contribution in [3.63, 3.8) is 0 Å². The molecular weight excluding hydrogens is 244 g/mol. The second-order valence-corrected chi connectivity index (χ2v) is 4.51. The van der Waals surface area contributed by atoms with Gasteiger partial charge in [-0.1, -0.05) is 11.6 Å². The molecule has 0 heterocycles. The van der Waals surface area contributed by atoms with E-state index in [1.807, 2.05) is 12.3 Å². The largest absolute Gasteiger partial charge is 0.325 e. The third kappa shape index (κ3) is 3.76. The van der Waals surface area contributed by atoms with Crippen molar-refractivity contribution in [2.45, 2.75) is 6.42 Å². The summed E-state index contributed by atoms with van der Waals surface area (Å²) in [4.78, 5) is 11.5. The third-order valence-electron chi connectivity index (χ3n) is 1.91. The number of amides is 1. The fourth-order valence-corrected chi connectivity index (χ4v) is 1.69. The molecule has 0 saturated heterocycles. The van der Waals surface area contributed by atoms with E-state index < -0.39 is 0 Å². The van der Waals surface area contributed by atoms with Gasteiger partial charge in [0.2, 0.25) is 5.91 Å². The Kier molecular flexibility index (Phi) is 5.17. The SMILES string of the molecule is CSCCC(=O)Nc1cc(Cl)ccc1C#N. The normalized spacial score (nSPS) is 9.56. The highest BCUT2D eigenvalue weighted by Gasteiger charge is 2.06. The van der Waals surface area contributed by atoms with Crippen LogP contribution in [0, 0.1) is 11.3 Å². The molecule has 0 radical (unpaired) electrons. The van der Waals surface area contributed by atoms with Crippen LogP contribution in [0.5, 0.6) is 0 Å². The average Bonchev–Trinajstić information content (AvgIpc) is 2.27. The van der Waals surface area contributed by atoms with E-state index in [1.165, 1.54) is 0 Å². The summed E-state index contributed by atoms with van der Waals surface area (Å²) in [6.07, 6.45) is 2.37. The first-order valence-electron chi connectivity index (χ1n) is 4.66. The van der Waals surface area contributed by atoms with Gasteiger partial charge in [-0.3, -0.25) is 4.79 Å². The zero-order chi connectivity index (χ0) is 12.0. The summed E-state index contributed by atoms with van der Waals surface area (Å²) in [6.45, 7) is 0. The molecule has 0 spiro atoms. The lowest BCUT2D eigenvalue weighted by molar-refractivity contribution is -0.115. The molecular formula is C11H11ClN2OS. The Bertz CT molecular complexity index is 428. The summed E-state index contributed by atoms with van der Waals surface area (Å²) in [5.41, 5.74) is 0.892. The number of rotatable bonds is 4. The fourth-order valence-electron chi connectivity index (χ4n) is 1.12. The topological polar surface area (TPSA) is 52.9 Å². The molecule has 0 aromatic heterocycles. The van der Waals surface area contributed by atoms with Crippen molar-refractivity contribution in [3.05, 3.63) is 28.8 Å². The van der Waals surface area contributed by atoms with E-state index in [-0.39, 0.29) is 5.91 Å². The molecule has 0 aliphatic carbocycles. The molecule has 0 atom stereocenters. The number of carbonyl (C=O) groups is 1. The molecule has 3 nitrogen and oxygen atoms in total. The highest BCUT2D eigenvalue weighted by molar-refractivity contribution is 7.98. The molecule has 16 heavy (non-hydrogen) atoms. The van der Waals surface area contributed by atoms with Gasteiger partial charge in [0.25, 0.3) is 0 Å². The minimum absolute atomic E-state index is 0.104. The smallest absolute Gasteiger partial charge is 0.225 e. The van der Waals surface area contributed by atoms with Crippen LogP contribution in [0.2, 0.25) is 5.02 Å². The zero-order valence-electron chi connectivity index (χ0n) is 8.79. The Morgan fingerprint density at radius 3 is 3.00 bits per heavy atom. The van der Waals surface area contributed by atoms with E-state index in [2.05, 4.69) is 5.32 Å². The number of anilines is 1. The lowest BCUT2D eigenvalue weighted by atomic mass is 10.2. The van der Waals surface area contributed by atoms with Crippen LogP contribution in [0.15, 0.2) is 18.2 Å². The van der Waals surface area contributed by atoms with Crippen molar-refractivity contribution < 1.29 is 4.79 Å². The van der Waals surface area contributed by atoms with Gasteiger partial charge in [-0.05, 0) is 24.5 Å². The van der Waals surface area contributed by atoms with Gasteiger partial charge in [0, 0.05) is 17.2 Å². The van der Waals surface area contributed by atoms with Crippen LogP contribution in [0.25, 0.3) is 0 Å². The fraction of sp³-hybridized carbons (Fsp3) is 0.273. The lowest BCUT2D eigenvalue weighted by Gasteiger charge is -2.06. The minimum Gasteiger partial charge on any atom is -0.325 e. The van der Waals surface area contributed by atoms with Crippen LogP contribution in [-0.2, 0) is 4.79 Å². The summed E-state index contributed by atoms with van der Waals surface area (Å²) >= 11 is 7.40. The number of nitrogens with one attached hydrogen (secondary N) is 1. The first-order valence-corrected chi connectivity index (χ1v) is 6.43. The van der Waals surface area contributed by atoms with E-state index >= 15 is 0 Å². The second-order valence-electron chi connectivity index (χ2n) is 3.09. The number of hydrogen-bond acceptors (Lipinski definition) is 3. The molecule has 1 amide bonds. The zero-order valence-corrected chi connectivity index (χ0v) is 10.4. The molecule has 84 valence electrons. The van der Waals surface area contributed by atoms with Gasteiger partial charge in [-0.2, -0.15) is 17.0 Å². The van der Waals surface area contributed by atoms with E-state index in [0.29, 0.717) is 22.7 Å². The summed E-state index contributed by atoms with van der Waals surface area (Å²) in [5, 5.41) is 12.0. The Labute approximate surface area is 104 Å². The van der Waals surface area contributed by atoms with Crippen LogP contribution in [0.1, 0.15) is 12.0 Å². The molecule has 0 saturated carbocycles. The maximum atomic E-state index is 11.5. The average molecular weight is 255 g/mol. The Balaban J connectivity index is 2.76. The maximum absolute atomic E-state index is 11.5. The highest BCUT2D eigenvalue weighted by atomic mass is 35.5. The maximum Gasteiger partial charge on any atom is 0.225 e. The monoisotopic (exact) mass is 254 g/mol. The molecule has 1 rings (SSSR count). The van der Waals surface area contributed by atoms with Crippen LogP contribution >= 0.6 is 23.4 Å². The van der Waals surface area contributed by atoms with Crippen molar-refractivity contribution >= 4 is 35.0 Å². The number of halogens is 1. The molecule has 0 fully saturated rings. The summed E-state index contributed by atoms with van der Waals surface area (Å²) in [7, 11) is 0. The van der Waals surface area contributed by atoms with Gasteiger partial charge >= 0.3 is 0 Å². The lowest BCUT2D eigenvalue weighted by Crippen LogP contribution is -2.13. The Morgan fingerprint density at radius 1 is 1.62 bits per heavy atom. The van der Waals surface area contributed by atoms with Crippen LogP contribution in [0.3, 0.4) is 0 Å². The molecule has 1 aromatic rings. The minimum atomic E-state index is -0.104. The number of thioether (sulfide) groups is 1. The summed E-state index contributed by atoms with van der Waals surface area (Å²) < 4.78 is 0. The predicted molar refractivity (Wildman–Crippen MR) is 67.8 cm³/mol. The number of nitrogens with zero attached hydrogens (tertiary/aromatic N) is 1. The standard InChI is InChI=1S/C11H11ClN2OS/c1-16-5-4-11(15)14-10-6-9(12)3-2-8(10)7-13/h2-3,6H,4-5H2,1H3,(H,14,15). The van der Waals surface area contributed by atoms with E-state index in [0.717, 1.165) is 5.75 Å². The molecule has 1 aromatic carbocycles. The molecule has 0 aliphatic heterocycles. The number of hydrogen-bond donors (Lipinski definition) is 1. The first-order chi connectivity index (χ1) is 7.67. The summed E-state index contributed by atoms with van der Waals surface area (Å²) in [5.74, 6) is 0.655. The van der Waals surface area contributed by atoms with Crippen molar-refractivity contribution in [2.24, 2.45) is 0 Å². The van der Waals surface area contributed by atoms with Gasteiger partial charge in [-0.15, -0.1) is 0 Å². The Morgan fingerprint density at radius 2 is 2.38 bits per heavy atom. The van der Waals surface area contributed by atoms with Gasteiger partial charge in [0.05, 0.1) is 11.3 Å². The second kappa shape index (κ2) is 6.41. The van der Waals surface area contributed by atoms with E-state index in [1.54, 1.807) is 30.0 Å². The van der Waals surface area contributed by atoms with Crippen LogP contribution < -0.4 is 5.32 Å². The van der Waals surface area contributed by atoms with Crippen molar-refractivity contribution in [3.8, 4) is 6.07 Å². The third-order valence-corrected chi connectivity index (χ3v) is 2.76. The number of nitriles is 1. The van der Waals surface area contributed by atoms with Crippen molar-refractivity contribution in [1.29, 1.82) is 5.26 Å². The van der Waals surface area contributed by atoms with Gasteiger partial charge in [0.1, 0.15) is 6.07 Å². The van der Waals surface area contributed by atoms with E-state index in [4.69, 9.17) is 16.9 Å². The number of benzene rings is 1. The quantitative estimate of drug-likeness (QED) is 0.899. The molecule has 5 heteroatoms. The summed E-state index contributed by atoms with van der Waals surface area (Å²) in [6, 6.07) is 6.80. The number of carbonyl (C=O) groups excluding carboxylic acids is 1. The van der Waals surface area contributed by atoms with Crippen LogP contribution in [0.4, 0.5) is 5.69 Å². The van der Waals surface area contributed by atoms with Crippen molar-refractivity contribution in [1.82, 2.24) is 0 Å². The van der Waals surface area contributed by atoms with Gasteiger partial charge < -0.3 is 5.32 Å². The van der Waals surface area contributed by atoms with Crippen molar-refractivity contribution in [2.75, 3.05) is 17.3 Å². The molecule has 0 aliphatic rings. The molecule has 0 bridgehead atoms. The molecule has 0 unspecified atom stereocenters. The van der Waals surface area contributed by atoms with Gasteiger partial charge in [0.15, 0.2) is 0 Å². The van der Waals surface area contributed by atoms with Crippen LogP contribution in [-0.4, -0.2) is 17.9 Å². The highest BCUT2D eigenvalue weighted by Crippen LogP contribution is 2.20. The Hall–Kier alpha value is -1.18. The van der Waals surface area contributed by atoms with Gasteiger partial charge in [-0.25, -0.2) is 0 Å². The van der Waals surface area contributed by atoms with E-state index in [9.17, 15) is 4.79 Å². The first kappa shape index (κ1) is 12.9. The molecule has 1 N–H and O–H groups in total.